The van der Waals surface area contributed by atoms with Gasteiger partial charge in [0.2, 0.25) is 0 Å². The van der Waals surface area contributed by atoms with E-state index in [1.54, 1.807) is 32.5 Å². The lowest BCUT2D eigenvalue weighted by molar-refractivity contribution is 0.0577. The Morgan fingerprint density at radius 2 is 2.12 bits per heavy atom. The van der Waals surface area contributed by atoms with Gasteiger partial charge in [0.1, 0.15) is 23.1 Å². The fourth-order valence-electron chi connectivity index (χ4n) is 3.28. The number of methoxy groups -OCH3 is 1. The van der Waals surface area contributed by atoms with Gasteiger partial charge in [-0.3, -0.25) is 4.79 Å². The molecule has 1 unspecified atom stereocenters. The van der Waals surface area contributed by atoms with Crippen LogP contribution in [-0.2, 0) is 13.1 Å². The van der Waals surface area contributed by atoms with Crippen LogP contribution in [0.4, 0.5) is 0 Å². The Hall–Kier alpha value is -3.22. The largest absolute Gasteiger partial charge is 0.497 e. The lowest BCUT2D eigenvalue weighted by Crippen LogP contribution is -2.41. The molecule has 0 N–H and O–H groups in total. The molecule has 132 valence electrons. The van der Waals surface area contributed by atoms with Crippen LogP contribution in [0.2, 0.25) is 0 Å². The summed E-state index contributed by atoms with van der Waals surface area (Å²) in [6.07, 6.45) is 5.32. The van der Waals surface area contributed by atoms with Crippen molar-refractivity contribution in [3.63, 3.8) is 0 Å². The number of carbonyl (C=O) groups excluding carboxylic acids is 1. The molecule has 0 saturated heterocycles. The minimum absolute atomic E-state index is 0.127. The van der Waals surface area contributed by atoms with Crippen LogP contribution in [0.15, 0.2) is 48.9 Å². The Kier molecular flexibility index (Phi) is 4.12. The standard InChI is InChI=1S/C19H19N5O2/c1-13-20-7-6-16(22-13)19(25)24-12-18-21-8-9-23(18)11-17(24)14-4-3-5-15(10-14)26-2/h3-10,17H,11-12H2,1-2H3. The number of ether oxygens (including phenoxy) is 1. The Bertz CT molecular complexity index is 952. The molecule has 0 saturated carbocycles. The van der Waals surface area contributed by atoms with Gasteiger partial charge < -0.3 is 14.2 Å². The summed E-state index contributed by atoms with van der Waals surface area (Å²) in [5.74, 6) is 2.08. The highest BCUT2D eigenvalue weighted by molar-refractivity contribution is 5.92. The number of benzene rings is 1. The maximum absolute atomic E-state index is 13.2. The number of hydrogen-bond donors (Lipinski definition) is 0. The molecule has 0 aliphatic carbocycles. The summed E-state index contributed by atoms with van der Waals surface area (Å²) in [6, 6.07) is 9.34. The van der Waals surface area contributed by atoms with Crippen molar-refractivity contribution >= 4 is 5.91 Å². The lowest BCUT2D eigenvalue weighted by Gasteiger charge is -2.36. The normalized spacial score (nSPS) is 16.2. The van der Waals surface area contributed by atoms with Gasteiger partial charge in [-0.05, 0) is 30.7 Å². The van der Waals surface area contributed by atoms with Gasteiger partial charge in [-0.2, -0.15) is 0 Å². The number of imidazole rings is 1. The van der Waals surface area contributed by atoms with E-state index in [2.05, 4.69) is 19.5 Å². The molecular formula is C19H19N5O2. The topological polar surface area (TPSA) is 73.1 Å². The molecule has 2 aromatic heterocycles. The van der Waals surface area contributed by atoms with E-state index in [-0.39, 0.29) is 11.9 Å². The highest BCUT2D eigenvalue weighted by atomic mass is 16.5. The van der Waals surface area contributed by atoms with E-state index in [1.807, 2.05) is 35.4 Å². The zero-order valence-electron chi connectivity index (χ0n) is 14.7. The zero-order valence-corrected chi connectivity index (χ0v) is 14.7. The van der Waals surface area contributed by atoms with Crippen molar-refractivity contribution < 1.29 is 9.53 Å². The number of fused-ring (bicyclic) bond motifs is 1. The van der Waals surface area contributed by atoms with Crippen LogP contribution >= 0.6 is 0 Å². The first-order valence-corrected chi connectivity index (χ1v) is 8.40. The summed E-state index contributed by atoms with van der Waals surface area (Å²) < 4.78 is 7.44. The zero-order chi connectivity index (χ0) is 18.1. The van der Waals surface area contributed by atoms with Gasteiger partial charge in [0.15, 0.2) is 0 Å². The number of carbonyl (C=O) groups is 1. The van der Waals surface area contributed by atoms with E-state index in [1.165, 1.54) is 0 Å². The van der Waals surface area contributed by atoms with Gasteiger partial charge in [0.25, 0.3) is 5.91 Å². The summed E-state index contributed by atoms with van der Waals surface area (Å²) in [5.41, 5.74) is 1.41. The number of amides is 1. The predicted molar refractivity (Wildman–Crippen MR) is 94.6 cm³/mol. The van der Waals surface area contributed by atoms with E-state index >= 15 is 0 Å². The second kappa shape index (κ2) is 6.59. The summed E-state index contributed by atoms with van der Waals surface area (Å²) in [4.78, 5) is 27.8. The van der Waals surface area contributed by atoms with Crippen LogP contribution in [-0.4, -0.2) is 37.4 Å². The molecule has 0 fully saturated rings. The quantitative estimate of drug-likeness (QED) is 0.726. The number of aromatic nitrogens is 4. The molecule has 1 aliphatic heterocycles. The fraction of sp³-hybridized carbons (Fsp3) is 0.263. The molecule has 4 rings (SSSR count). The third-order valence-corrected chi connectivity index (χ3v) is 4.59. The maximum Gasteiger partial charge on any atom is 0.273 e. The first-order valence-electron chi connectivity index (χ1n) is 8.40. The van der Waals surface area contributed by atoms with Crippen LogP contribution in [0, 0.1) is 6.92 Å². The first kappa shape index (κ1) is 16.3. The van der Waals surface area contributed by atoms with Gasteiger partial charge in [-0.15, -0.1) is 0 Å². The lowest BCUT2D eigenvalue weighted by atomic mass is 10.0. The van der Waals surface area contributed by atoms with Crippen molar-refractivity contribution in [1.29, 1.82) is 0 Å². The van der Waals surface area contributed by atoms with Crippen molar-refractivity contribution in [2.75, 3.05) is 7.11 Å². The van der Waals surface area contributed by atoms with E-state index < -0.39 is 0 Å². The predicted octanol–water partition coefficient (Wildman–Crippen LogP) is 2.39. The summed E-state index contributed by atoms with van der Waals surface area (Å²) in [6.45, 7) is 2.84. The van der Waals surface area contributed by atoms with Crippen LogP contribution in [0.3, 0.4) is 0 Å². The Labute approximate surface area is 151 Å². The van der Waals surface area contributed by atoms with Crippen LogP contribution in [0.5, 0.6) is 5.75 Å². The summed E-state index contributed by atoms with van der Waals surface area (Å²) in [7, 11) is 1.64. The number of nitrogens with zero attached hydrogens (tertiary/aromatic N) is 5. The molecule has 7 nitrogen and oxygen atoms in total. The van der Waals surface area contributed by atoms with Gasteiger partial charge >= 0.3 is 0 Å². The average Bonchev–Trinajstić information content (AvgIpc) is 3.14. The highest BCUT2D eigenvalue weighted by Gasteiger charge is 2.32. The van der Waals surface area contributed by atoms with Crippen molar-refractivity contribution in [3.05, 3.63) is 71.8 Å². The molecule has 3 heterocycles. The number of aryl methyl sites for hydroxylation is 1. The third kappa shape index (κ3) is 2.92. The minimum atomic E-state index is -0.130. The van der Waals surface area contributed by atoms with E-state index in [0.717, 1.165) is 17.1 Å². The molecule has 0 radical (unpaired) electrons. The molecule has 3 aromatic rings. The maximum atomic E-state index is 13.2. The monoisotopic (exact) mass is 349 g/mol. The first-order chi connectivity index (χ1) is 12.7. The van der Waals surface area contributed by atoms with Gasteiger partial charge in [-0.1, -0.05) is 12.1 Å². The average molecular weight is 349 g/mol. The van der Waals surface area contributed by atoms with Crippen molar-refractivity contribution in [2.45, 2.75) is 26.1 Å². The minimum Gasteiger partial charge on any atom is -0.497 e. The Morgan fingerprint density at radius 3 is 2.92 bits per heavy atom. The van der Waals surface area contributed by atoms with Crippen LogP contribution in [0.25, 0.3) is 0 Å². The molecule has 1 aromatic carbocycles. The molecule has 1 atom stereocenters. The van der Waals surface area contributed by atoms with E-state index in [0.29, 0.717) is 24.6 Å². The van der Waals surface area contributed by atoms with Crippen LogP contribution < -0.4 is 4.74 Å². The fourth-order valence-corrected chi connectivity index (χ4v) is 3.28. The van der Waals surface area contributed by atoms with Crippen molar-refractivity contribution in [1.82, 2.24) is 24.4 Å². The SMILES string of the molecule is COc1cccc(C2Cn3ccnc3CN2C(=O)c2ccnc(C)n2)c1. The highest BCUT2D eigenvalue weighted by Crippen LogP contribution is 2.32. The van der Waals surface area contributed by atoms with E-state index in [4.69, 9.17) is 4.74 Å². The second-order valence-corrected chi connectivity index (χ2v) is 6.21. The summed E-state index contributed by atoms with van der Waals surface area (Å²) >= 11 is 0. The third-order valence-electron chi connectivity index (χ3n) is 4.59. The summed E-state index contributed by atoms with van der Waals surface area (Å²) in [5, 5.41) is 0. The molecule has 0 spiro atoms. The molecule has 1 aliphatic rings. The number of hydrogen-bond acceptors (Lipinski definition) is 5. The smallest absolute Gasteiger partial charge is 0.273 e. The molecule has 7 heteroatoms. The molecule has 0 bridgehead atoms. The van der Waals surface area contributed by atoms with Crippen molar-refractivity contribution in [2.24, 2.45) is 0 Å². The van der Waals surface area contributed by atoms with Gasteiger partial charge in [-0.25, -0.2) is 15.0 Å². The van der Waals surface area contributed by atoms with Crippen LogP contribution in [0.1, 0.15) is 33.7 Å². The van der Waals surface area contributed by atoms with Gasteiger partial charge in [0, 0.05) is 25.1 Å². The number of rotatable bonds is 3. The molecule has 1 amide bonds. The second-order valence-electron chi connectivity index (χ2n) is 6.21. The van der Waals surface area contributed by atoms with E-state index in [9.17, 15) is 4.79 Å². The van der Waals surface area contributed by atoms with Gasteiger partial charge in [0.05, 0.1) is 19.7 Å². The molecule has 26 heavy (non-hydrogen) atoms. The Balaban J connectivity index is 1.75. The Morgan fingerprint density at radius 1 is 1.23 bits per heavy atom. The van der Waals surface area contributed by atoms with Crippen molar-refractivity contribution in [3.8, 4) is 5.75 Å². The molecular weight excluding hydrogens is 330 g/mol.